The first-order valence-electron chi connectivity index (χ1n) is 17.0. The van der Waals surface area contributed by atoms with Gasteiger partial charge in [-0.15, -0.1) is 0 Å². The molecule has 0 fully saturated rings. The van der Waals surface area contributed by atoms with Crippen molar-refractivity contribution in [1.82, 2.24) is 0 Å². The highest BCUT2D eigenvalue weighted by Crippen LogP contribution is 2.17. The Labute approximate surface area is 232 Å². The van der Waals surface area contributed by atoms with Gasteiger partial charge < -0.3 is 8.91 Å². The molecule has 0 aromatic heterocycles. The number of hydrogen-bond donors (Lipinski definition) is 1. The second kappa shape index (κ2) is 29.9. The summed E-state index contributed by atoms with van der Waals surface area (Å²) in [5, 5.41) is 0. The van der Waals surface area contributed by atoms with Crippen molar-refractivity contribution in [2.75, 3.05) is 0 Å². The standard InChI is InChI=1S/C32H70O2Si2/c1-4-5-6-7-8-9-10-11-12-13-14-15-16-17-18-19-20-21-22-23-24-25-26-27-28-29-30-31-32-36(3,33)34-35-2/h33H,4-32,35H2,1-3H3. The van der Waals surface area contributed by atoms with Crippen molar-refractivity contribution in [3.63, 3.8) is 0 Å². The summed E-state index contributed by atoms with van der Waals surface area (Å²) in [6.45, 7) is 6.38. The maximum atomic E-state index is 10.2. The zero-order valence-corrected chi connectivity index (χ0v) is 28.0. The molecule has 0 rings (SSSR count). The first-order chi connectivity index (χ1) is 17.6. The van der Waals surface area contributed by atoms with E-state index >= 15 is 0 Å². The summed E-state index contributed by atoms with van der Waals surface area (Å²) in [6.07, 6.45) is 40.3. The number of hydrogen-bond acceptors (Lipinski definition) is 2. The molecule has 4 heteroatoms. The van der Waals surface area contributed by atoms with Crippen LogP contribution in [0, 0.1) is 0 Å². The molecule has 0 spiro atoms. The smallest absolute Gasteiger partial charge is 0.321 e. The topological polar surface area (TPSA) is 29.5 Å². The van der Waals surface area contributed by atoms with Crippen molar-refractivity contribution in [1.29, 1.82) is 0 Å². The predicted molar refractivity (Wildman–Crippen MR) is 169 cm³/mol. The van der Waals surface area contributed by atoms with E-state index < -0.39 is 18.3 Å². The third kappa shape index (κ3) is 30.6. The molecule has 218 valence electrons. The van der Waals surface area contributed by atoms with Gasteiger partial charge in [0.15, 0.2) is 0 Å². The zero-order valence-electron chi connectivity index (χ0n) is 25.6. The monoisotopic (exact) mass is 542 g/mol. The lowest BCUT2D eigenvalue weighted by atomic mass is 10.0. The summed E-state index contributed by atoms with van der Waals surface area (Å²) in [4.78, 5) is 10.2. The van der Waals surface area contributed by atoms with E-state index in [-0.39, 0.29) is 0 Å². The molecule has 0 saturated heterocycles. The maximum absolute atomic E-state index is 10.2. The number of unbranched alkanes of at least 4 members (excludes halogenated alkanes) is 27. The highest BCUT2D eigenvalue weighted by Gasteiger charge is 2.24. The van der Waals surface area contributed by atoms with Crippen LogP contribution in [0.25, 0.3) is 0 Å². The van der Waals surface area contributed by atoms with Crippen LogP contribution in [-0.2, 0) is 4.12 Å². The van der Waals surface area contributed by atoms with Crippen LogP contribution >= 0.6 is 0 Å². The summed E-state index contributed by atoms with van der Waals surface area (Å²) in [5.41, 5.74) is 0. The van der Waals surface area contributed by atoms with Crippen LogP contribution in [0.5, 0.6) is 0 Å². The van der Waals surface area contributed by atoms with Crippen molar-refractivity contribution < 1.29 is 8.91 Å². The molecule has 2 nitrogen and oxygen atoms in total. The molecule has 1 atom stereocenters. The molecule has 0 bridgehead atoms. The van der Waals surface area contributed by atoms with Crippen molar-refractivity contribution in [3.05, 3.63) is 0 Å². The minimum Gasteiger partial charge on any atom is -0.442 e. The SMILES string of the molecule is CCCCCCCCCCCCCCCCCCCCCCCCCCCCCC[Si](C)(O)O[SiH2]C. The van der Waals surface area contributed by atoms with Gasteiger partial charge in [-0.25, -0.2) is 0 Å². The van der Waals surface area contributed by atoms with Crippen LogP contribution in [0.2, 0.25) is 19.1 Å². The summed E-state index contributed by atoms with van der Waals surface area (Å²) in [6, 6.07) is 0.938. The Morgan fingerprint density at radius 2 is 0.667 bits per heavy atom. The third-order valence-corrected chi connectivity index (χ3v) is 12.9. The quantitative estimate of drug-likeness (QED) is 0.0697. The van der Waals surface area contributed by atoms with Crippen LogP contribution in [-0.4, -0.2) is 23.1 Å². The predicted octanol–water partition coefficient (Wildman–Crippen LogP) is 11.1. The minimum atomic E-state index is -2.26. The van der Waals surface area contributed by atoms with Crippen molar-refractivity contribution in [2.24, 2.45) is 0 Å². The van der Waals surface area contributed by atoms with E-state index in [0.717, 1.165) is 12.5 Å². The summed E-state index contributed by atoms with van der Waals surface area (Å²) in [5.74, 6) is 0. The Morgan fingerprint density at radius 3 is 0.889 bits per heavy atom. The molecule has 0 aliphatic rings. The summed E-state index contributed by atoms with van der Waals surface area (Å²) >= 11 is 0. The van der Waals surface area contributed by atoms with Gasteiger partial charge in [0.25, 0.3) is 0 Å². The van der Waals surface area contributed by atoms with Gasteiger partial charge in [-0.05, 0) is 12.6 Å². The van der Waals surface area contributed by atoms with Gasteiger partial charge in [0.1, 0.15) is 9.76 Å². The molecular weight excluding hydrogens is 473 g/mol. The zero-order chi connectivity index (χ0) is 26.4. The fourth-order valence-corrected chi connectivity index (χ4v) is 9.48. The average molecular weight is 543 g/mol. The van der Waals surface area contributed by atoms with Crippen LogP contribution in [0.1, 0.15) is 187 Å². The molecule has 0 aromatic carbocycles. The number of rotatable bonds is 31. The first-order valence-corrected chi connectivity index (χ1v) is 21.5. The Morgan fingerprint density at radius 1 is 0.444 bits per heavy atom. The molecule has 0 aliphatic heterocycles. The van der Waals surface area contributed by atoms with Gasteiger partial charge in [-0.1, -0.05) is 193 Å². The van der Waals surface area contributed by atoms with E-state index in [9.17, 15) is 4.80 Å². The lowest BCUT2D eigenvalue weighted by Crippen LogP contribution is -2.35. The molecule has 1 N–H and O–H groups in total. The van der Waals surface area contributed by atoms with E-state index in [2.05, 4.69) is 13.5 Å². The van der Waals surface area contributed by atoms with Crippen LogP contribution < -0.4 is 0 Å². The summed E-state index contributed by atoms with van der Waals surface area (Å²) < 4.78 is 5.62. The van der Waals surface area contributed by atoms with Crippen LogP contribution in [0.4, 0.5) is 0 Å². The molecule has 0 amide bonds. The van der Waals surface area contributed by atoms with E-state index in [0.29, 0.717) is 0 Å². The third-order valence-electron chi connectivity index (χ3n) is 7.95. The lowest BCUT2D eigenvalue weighted by Gasteiger charge is -2.19. The highest BCUT2D eigenvalue weighted by atomic mass is 28.4. The average Bonchev–Trinajstić information content (AvgIpc) is 2.85. The Balaban J connectivity index is 3.08. The van der Waals surface area contributed by atoms with Gasteiger partial charge in [-0.2, -0.15) is 0 Å². The molecule has 0 radical (unpaired) electrons. The maximum Gasteiger partial charge on any atom is 0.321 e. The van der Waals surface area contributed by atoms with Crippen LogP contribution in [0.15, 0.2) is 0 Å². The van der Waals surface area contributed by atoms with E-state index in [1.165, 1.54) is 173 Å². The molecule has 1 unspecified atom stereocenters. The van der Waals surface area contributed by atoms with Crippen molar-refractivity contribution >= 4 is 18.3 Å². The molecule has 0 aromatic rings. The highest BCUT2D eigenvalue weighted by molar-refractivity contribution is 6.69. The van der Waals surface area contributed by atoms with Crippen molar-refractivity contribution in [3.8, 4) is 0 Å². The van der Waals surface area contributed by atoms with Gasteiger partial charge in [-0.3, -0.25) is 0 Å². The molecule has 0 aliphatic carbocycles. The second-order valence-corrected chi connectivity index (χ2v) is 16.5. The molecule has 0 saturated carbocycles. The van der Waals surface area contributed by atoms with Gasteiger partial charge in [0.2, 0.25) is 0 Å². The van der Waals surface area contributed by atoms with E-state index in [4.69, 9.17) is 4.12 Å². The first kappa shape index (κ1) is 36.4. The largest absolute Gasteiger partial charge is 0.442 e. The Kier molecular flexibility index (Phi) is 30.2. The molecule has 36 heavy (non-hydrogen) atoms. The second-order valence-electron chi connectivity index (χ2n) is 11.9. The van der Waals surface area contributed by atoms with Crippen LogP contribution in [0.3, 0.4) is 0 Å². The lowest BCUT2D eigenvalue weighted by molar-refractivity contribution is 0.388. The molecular formula is C32H70O2Si2. The molecule has 0 heterocycles. The normalized spacial score (nSPS) is 13.7. The van der Waals surface area contributed by atoms with E-state index in [1.54, 1.807) is 0 Å². The summed E-state index contributed by atoms with van der Waals surface area (Å²) in [7, 11) is -2.72. The van der Waals surface area contributed by atoms with Gasteiger partial charge in [0.05, 0.1) is 0 Å². The van der Waals surface area contributed by atoms with Crippen molar-refractivity contribution in [2.45, 2.75) is 206 Å². The fraction of sp³-hybridized carbons (Fsp3) is 1.00. The van der Waals surface area contributed by atoms with Gasteiger partial charge >= 0.3 is 8.56 Å². The van der Waals surface area contributed by atoms with Gasteiger partial charge in [0, 0.05) is 0 Å². The Bertz CT molecular complexity index is 404. The van der Waals surface area contributed by atoms with E-state index in [1.807, 2.05) is 6.55 Å². The Hall–Kier alpha value is 0.354. The fourth-order valence-electron chi connectivity index (χ4n) is 5.51. The minimum absolute atomic E-state index is 0.454.